The molecule has 0 aliphatic rings. The van der Waals surface area contributed by atoms with E-state index in [1.54, 1.807) is 0 Å². The van der Waals surface area contributed by atoms with Gasteiger partial charge in [0, 0.05) is 36.4 Å². The summed E-state index contributed by atoms with van der Waals surface area (Å²) in [7, 11) is 2.07. The first kappa shape index (κ1) is 12.8. The van der Waals surface area contributed by atoms with Gasteiger partial charge in [0.1, 0.15) is 0 Å². The number of fused-ring (bicyclic) bond motifs is 1. The topological polar surface area (TPSA) is 37.2 Å². The van der Waals surface area contributed by atoms with Gasteiger partial charge in [0.25, 0.3) is 0 Å². The maximum absolute atomic E-state index is 9.03. The van der Waals surface area contributed by atoms with Crippen LogP contribution in [0.2, 0.25) is 0 Å². The molecule has 0 bridgehead atoms. The van der Waals surface area contributed by atoms with Crippen molar-refractivity contribution >= 4 is 16.6 Å². The molecule has 0 aliphatic carbocycles. The Morgan fingerprint density at radius 2 is 1.80 bits per heavy atom. The van der Waals surface area contributed by atoms with Crippen LogP contribution in [0.3, 0.4) is 0 Å². The number of para-hydroxylation sites is 1. The molecular weight excluding hydrogens is 248 g/mol. The van der Waals surface area contributed by atoms with Crippen molar-refractivity contribution in [1.29, 1.82) is 0 Å². The highest BCUT2D eigenvalue weighted by Crippen LogP contribution is 2.21. The first-order valence-electron chi connectivity index (χ1n) is 6.74. The SMILES string of the molecule is Cn1cc(CNc2ccc(CO)cc2)c2ccccc21. The molecule has 3 rings (SSSR count). The van der Waals surface area contributed by atoms with Crippen molar-refractivity contribution in [3.05, 3.63) is 65.9 Å². The Balaban J connectivity index is 1.79. The lowest BCUT2D eigenvalue weighted by Crippen LogP contribution is -1.98. The number of aliphatic hydroxyl groups excluding tert-OH is 1. The van der Waals surface area contributed by atoms with Crippen LogP contribution in [0.1, 0.15) is 11.1 Å². The van der Waals surface area contributed by atoms with E-state index in [1.807, 2.05) is 24.3 Å². The smallest absolute Gasteiger partial charge is 0.0681 e. The summed E-state index contributed by atoms with van der Waals surface area (Å²) >= 11 is 0. The number of aromatic nitrogens is 1. The van der Waals surface area contributed by atoms with Crippen LogP contribution in [-0.4, -0.2) is 9.67 Å². The van der Waals surface area contributed by atoms with Gasteiger partial charge in [-0.3, -0.25) is 0 Å². The summed E-state index contributed by atoms with van der Waals surface area (Å²) in [6.45, 7) is 0.878. The van der Waals surface area contributed by atoms with Crippen LogP contribution in [0.25, 0.3) is 10.9 Å². The van der Waals surface area contributed by atoms with Crippen LogP contribution >= 0.6 is 0 Å². The molecule has 0 aliphatic heterocycles. The molecule has 1 heterocycles. The Labute approximate surface area is 118 Å². The fourth-order valence-electron chi connectivity index (χ4n) is 2.49. The summed E-state index contributed by atoms with van der Waals surface area (Å²) < 4.78 is 2.15. The minimum atomic E-state index is 0.0869. The highest BCUT2D eigenvalue weighted by Gasteiger charge is 2.05. The lowest BCUT2D eigenvalue weighted by atomic mass is 10.1. The molecular formula is C17H18N2O. The van der Waals surface area contributed by atoms with E-state index in [-0.39, 0.29) is 6.61 Å². The van der Waals surface area contributed by atoms with Crippen molar-refractivity contribution in [2.45, 2.75) is 13.2 Å². The van der Waals surface area contributed by atoms with E-state index >= 15 is 0 Å². The molecule has 0 atom stereocenters. The van der Waals surface area contributed by atoms with E-state index in [0.29, 0.717) is 0 Å². The number of hydrogen-bond donors (Lipinski definition) is 2. The fraction of sp³-hybridized carbons (Fsp3) is 0.176. The van der Waals surface area contributed by atoms with Crippen LogP contribution in [0.5, 0.6) is 0 Å². The number of aryl methyl sites for hydroxylation is 1. The number of anilines is 1. The number of nitrogens with one attached hydrogen (secondary N) is 1. The molecule has 20 heavy (non-hydrogen) atoms. The molecule has 0 unspecified atom stereocenters. The molecule has 0 saturated heterocycles. The highest BCUT2D eigenvalue weighted by molar-refractivity contribution is 5.84. The minimum absolute atomic E-state index is 0.0869. The van der Waals surface area contributed by atoms with E-state index in [1.165, 1.54) is 16.5 Å². The summed E-state index contributed by atoms with van der Waals surface area (Å²) in [5.74, 6) is 0. The summed E-state index contributed by atoms with van der Waals surface area (Å²) in [6.07, 6.45) is 2.17. The van der Waals surface area contributed by atoms with Gasteiger partial charge in [0.05, 0.1) is 6.61 Å². The van der Waals surface area contributed by atoms with Gasteiger partial charge in [0.15, 0.2) is 0 Å². The van der Waals surface area contributed by atoms with Crippen molar-refractivity contribution in [2.75, 3.05) is 5.32 Å². The zero-order valence-corrected chi connectivity index (χ0v) is 11.5. The largest absolute Gasteiger partial charge is 0.392 e. The molecule has 3 aromatic rings. The van der Waals surface area contributed by atoms with Gasteiger partial charge in [-0.1, -0.05) is 30.3 Å². The highest BCUT2D eigenvalue weighted by atomic mass is 16.3. The molecule has 0 fully saturated rings. The van der Waals surface area contributed by atoms with Gasteiger partial charge >= 0.3 is 0 Å². The van der Waals surface area contributed by atoms with Crippen LogP contribution in [-0.2, 0) is 20.2 Å². The zero-order valence-electron chi connectivity index (χ0n) is 11.5. The Kier molecular flexibility index (Phi) is 3.44. The normalized spacial score (nSPS) is 10.9. The third kappa shape index (κ3) is 2.40. The third-order valence-corrected chi connectivity index (χ3v) is 3.60. The van der Waals surface area contributed by atoms with Gasteiger partial charge in [-0.05, 0) is 29.3 Å². The Morgan fingerprint density at radius 1 is 1.05 bits per heavy atom. The average molecular weight is 266 g/mol. The molecule has 3 heteroatoms. The predicted molar refractivity (Wildman–Crippen MR) is 82.6 cm³/mol. The van der Waals surface area contributed by atoms with Crippen molar-refractivity contribution < 1.29 is 5.11 Å². The lowest BCUT2D eigenvalue weighted by Gasteiger charge is -2.06. The summed E-state index contributed by atoms with van der Waals surface area (Å²) in [5.41, 5.74) is 4.53. The second-order valence-corrected chi connectivity index (χ2v) is 4.99. The van der Waals surface area contributed by atoms with E-state index in [9.17, 15) is 0 Å². The van der Waals surface area contributed by atoms with Crippen LogP contribution in [0, 0.1) is 0 Å². The van der Waals surface area contributed by atoms with Crippen molar-refractivity contribution in [2.24, 2.45) is 7.05 Å². The number of nitrogens with zero attached hydrogens (tertiary/aromatic N) is 1. The molecule has 0 spiro atoms. The van der Waals surface area contributed by atoms with Crippen molar-refractivity contribution in [1.82, 2.24) is 4.57 Å². The van der Waals surface area contributed by atoms with Crippen LogP contribution in [0.15, 0.2) is 54.7 Å². The number of aliphatic hydroxyl groups is 1. The number of rotatable bonds is 4. The Hall–Kier alpha value is -2.26. The predicted octanol–water partition coefficient (Wildman–Crippen LogP) is 3.28. The van der Waals surface area contributed by atoms with Gasteiger partial charge in [-0.25, -0.2) is 0 Å². The van der Waals surface area contributed by atoms with Crippen LogP contribution in [0.4, 0.5) is 5.69 Å². The standard InChI is InChI=1S/C17H18N2O/c1-19-11-14(16-4-2-3-5-17(16)19)10-18-15-8-6-13(12-20)7-9-15/h2-9,11,18,20H,10,12H2,1H3. The number of benzene rings is 2. The van der Waals surface area contributed by atoms with Crippen LogP contribution < -0.4 is 5.32 Å². The Bertz CT molecular complexity index is 713. The fourth-order valence-corrected chi connectivity index (χ4v) is 2.49. The first-order valence-corrected chi connectivity index (χ1v) is 6.74. The maximum Gasteiger partial charge on any atom is 0.0681 e. The average Bonchev–Trinajstić information content (AvgIpc) is 2.83. The quantitative estimate of drug-likeness (QED) is 0.760. The monoisotopic (exact) mass is 266 g/mol. The van der Waals surface area contributed by atoms with Gasteiger partial charge in [0.2, 0.25) is 0 Å². The summed E-state index contributed by atoms with van der Waals surface area (Å²) in [4.78, 5) is 0. The first-order chi connectivity index (χ1) is 9.78. The molecule has 0 saturated carbocycles. The van der Waals surface area contributed by atoms with E-state index in [0.717, 1.165) is 17.8 Å². The minimum Gasteiger partial charge on any atom is -0.392 e. The molecule has 0 radical (unpaired) electrons. The van der Waals surface area contributed by atoms with Crippen molar-refractivity contribution in [3.8, 4) is 0 Å². The zero-order chi connectivity index (χ0) is 13.9. The molecule has 3 nitrogen and oxygen atoms in total. The molecule has 0 amide bonds. The third-order valence-electron chi connectivity index (χ3n) is 3.60. The molecule has 102 valence electrons. The summed E-state index contributed by atoms with van der Waals surface area (Å²) in [5, 5.41) is 13.7. The second kappa shape index (κ2) is 5.39. The number of hydrogen-bond acceptors (Lipinski definition) is 2. The van der Waals surface area contributed by atoms with E-state index < -0.39 is 0 Å². The molecule has 2 N–H and O–H groups in total. The molecule has 2 aromatic carbocycles. The van der Waals surface area contributed by atoms with Gasteiger partial charge in [-0.2, -0.15) is 0 Å². The second-order valence-electron chi connectivity index (χ2n) is 4.99. The maximum atomic E-state index is 9.03. The van der Waals surface area contributed by atoms with Gasteiger partial charge in [-0.15, -0.1) is 0 Å². The van der Waals surface area contributed by atoms with Gasteiger partial charge < -0.3 is 15.0 Å². The van der Waals surface area contributed by atoms with E-state index in [2.05, 4.69) is 47.4 Å². The van der Waals surface area contributed by atoms with Crippen molar-refractivity contribution in [3.63, 3.8) is 0 Å². The summed E-state index contributed by atoms with van der Waals surface area (Å²) in [6, 6.07) is 16.3. The molecule has 1 aromatic heterocycles. The van der Waals surface area contributed by atoms with E-state index in [4.69, 9.17) is 5.11 Å². The lowest BCUT2D eigenvalue weighted by molar-refractivity contribution is 0.282. The Morgan fingerprint density at radius 3 is 2.55 bits per heavy atom.